The Labute approximate surface area is 91.7 Å². The molecule has 0 atom stereocenters. The Hall–Kier alpha value is -0.480. The largest absolute Gasteiger partial charge is 0.267 e. The molecule has 6 heteroatoms. The highest BCUT2D eigenvalue weighted by Gasteiger charge is 2.20. The number of halogens is 4. The second-order valence-electron chi connectivity index (χ2n) is 2.10. The predicted octanol–water partition coefficient (Wildman–Crippen LogP) is 3.15. The zero-order valence-electron chi connectivity index (χ0n) is 6.06. The minimum absolute atomic E-state index is 0.0433. The van der Waals surface area contributed by atoms with Crippen LogP contribution in [0.5, 0.6) is 0 Å². The summed E-state index contributed by atoms with van der Waals surface area (Å²) in [5.74, 6) is 0. The van der Waals surface area contributed by atoms with Crippen LogP contribution in [0.4, 0.5) is 8.78 Å². The minimum atomic E-state index is -2.73. The fourth-order valence-electron chi connectivity index (χ4n) is 0.792. The van der Waals surface area contributed by atoms with Gasteiger partial charge in [0.2, 0.25) is 0 Å². The lowest BCUT2D eigenvalue weighted by atomic mass is 10.1. The van der Waals surface area contributed by atoms with Crippen LogP contribution in [0.3, 0.4) is 0 Å². The smallest absolute Gasteiger partial charge is 0.248 e. The van der Waals surface area contributed by atoms with Crippen LogP contribution in [-0.4, -0.2) is 4.98 Å². The molecule has 0 fully saturated rings. The van der Waals surface area contributed by atoms with Gasteiger partial charge in [0.15, 0.2) is 0 Å². The van der Waals surface area contributed by atoms with Crippen molar-refractivity contribution in [1.82, 2.24) is 4.98 Å². The number of pyridine rings is 1. The molecule has 68 valence electrons. The predicted molar refractivity (Wildman–Crippen MR) is 51.6 cm³/mol. The maximum absolute atomic E-state index is 12.4. The molecular weight excluding hydrogens is 312 g/mol. The van der Waals surface area contributed by atoms with E-state index in [-0.39, 0.29) is 14.3 Å². The molecule has 0 aliphatic heterocycles. The number of nitrogens with zero attached hydrogens (tertiary/aromatic N) is 2. The second kappa shape index (κ2) is 4.15. The van der Waals surface area contributed by atoms with E-state index in [4.69, 9.17) is 16.9 Å². The molecule has 0 amide bonds. The molecule has 0 N–H and O–H groups in total. The highest BCUT2D eigenvalue weighted by Crippen LogP contribution is 2.30. The molecule has 1 aromatic rings. The molecule has 0 bridgehead atoms. The average Bonchev–Trinajstić information content (AvgIpc) is 2.07. The van der Waals surface area contributed by atoms with Gasteiger partial charge in [-0.2, -0.15) is 5.26 Å². The van der Waals surface area contributed by atoms with Crippen LogP contribution < -0.4 is 0 Å². The third-order valence-corrected chi connectivity index (χ3v) is 2.50. The molecule has 1 aromatic heterocycles. The third kappa shape index (κ3) is 2.06. The fourth-order valence-corrected chi connectivity index (χ4v) is 1.63. The van der Waals surface area contributed by atoms with E-state index < -0.39 is 12.0 Å². The molecule has 0 unspecified atom stereocenters. The first-order valence-electron chi connectivity index (χ1n) is 3.10. The maximum atomic E-state index is 12.4. The summed E-state index contributed by atoms with van der Waals surface area (Å²) < 4.78 is 24.9. The summed E-state index contributed by atoms with van der Waals surface area (Å²) in [4.78, 5) is 3.63. The zero-order valence-corrected chi connectivity index (χ0v) is 8.97. The Morgan fingerprint density at radius 3 is 2.62 bits per heavy atom. The van der Waals surface area contributed by atoms with Crippen LogP contribution in [0.25, 0.3) is 0 Å². The molecule has 1 heterocycles. The van der Waals surface area contributed by atoms with Crippen molar-refractivity contribution in [1.29, 1.82) is 5.26 Å². The van der Waals surface area contributed by atoms with Gasteiger partial charge in [0, 0.05) is 6.20 Å². The Morgan fingerprint density at radius 2 is 2.23 bits per heavy atom. The van der Waals surface area contributed by atoms with Crippen molar-refractivity contribution in [3.05, 3.63) is 26.0 Å². The number of alkyl halides is 2. The van der Waals surface area contributed by atoms with Gasteiger partial charge in [0.1, 0.15) is 9.77 Å². The van der Waals surface area contributed by atoms with Gasteiger partial charge in [0.25, 0.3) is 6.43 Å². The minimum Gasteiger partial charge on any atom is -0.248 e. The molecule has 13 heavy (non-hydrogen) atoms. The van der Waals surface area contributed by atoms with Gasteiger partial charge in [-0.1, -0.05) is 11.6 Å². The van der Waals surface area contributed by atoms with Gasteiger partial charge in [-0.15, -0.1) is 0 Å². The fraction of sp³-hybridized carbons (Fsp3) is 0.143. The third-order valence-electron chi connectivity index (χ3n) is 1.35. The maximum Gasteiger partial charge on any atom is 0.267 e. The highest BCUT2D eigenvalue weighted by atomic mass is 127. The summed E-state index contributed by atoms with van der Waals surface area (Å²) in [5, 5.41) is 8.53. The highest BCUT2D eigenvalue weighted by molar-refractivity contribution is 14.1. The quantitative estimate of drug-likeness (QED) is 0.590. The van der Waals surface area contributed by atoms with Crippen LogP contribution in [0.1, 0.15) is 17.6 Å². The van der Waals surface area contributed by atoms with Gasteiger partial charge < -0.3 is 0 Å². The van der Waals surface area contributed by atoms with E-state index in [1.807, 2.05) is 0 Å². The van der Waals surface area contributed by atoms with Crippen molar-refractivity contribution in [3.8, 4) is 6.07 Å². The summed E-state index contributed by atoms with van der Waals surface area (Å²) in [5.41, 5.74) is -0.591. The van der Waals surface area contributed by atoms with E-state index in [1.165, 1.54) is 6.20 Å². The van der Waals surface area contributed by atoms with Gasteiger partial charge >= 0.3 is 0 Å². The van der Waals surface area contributed by atoms with E-state index in [0.29, 0.717) is 0 Å². The zero-order chi connectivity index (χ0) is 10.0. The van der Waals surface area contributed by atoms with Crippen molar-refractivity contribution in [2.24, 2.45) is 0 Å². The molecule has 1 rings (SSSR count). The second-order valence-corrected chi connectivity index (χ2v) is 3.53. The van der Waals surface area contributed by atoms with Crippen LogP contribution in [0.2, 0.25) is 5.02 Å². The van der Waals surface area contributed by atoms with Gasteiger partial charge in [-0.3, -0.25) is 0 Å². The number of rotatable bonds is 1. The molecule has 0 aromatic carbocycles. The van der Waals surface area contributed by atoms with E-state index in [9.17, 15) is 8.78 Å². The molecule has 0 saturated carbocycles. The first-order valence-corrected chi connectivity index (χ1v) is 4.55. The Bertz CT molecular complexity index is 375. The first kappa shape index (κ1) is 10.6. The lowest BCUT2D eigenvalue weighted by molar-refractivity contribution is 0.149. The lowest BCUT2D eigenvalue weighted by Gasteiger charge is -2.05. The van der Waals surface area contributed by atoms with Gasteiger partial charge in [0.05, 0.1) is 16.1 Å². The van der Waals surface area contributed by atoms with Gasteiger partial charge in [-0.25, -0.2) is 13.8 Å². The number of nitriles is 1. The topological polar surface area (TPSA) is 36.7 Å². The lowest BCUT2D eigenvalue weighted by Crippen LogP contribution is -1.98. The van der Waals surface area contributed by atoms with Crippen LogP contribution in [0, 0.1) is 15.0 Å². The molecule has 0 aliphatic carbocycles. The van der Waals surface area contributed by atoms with E-state index in [1.54, 1.807) is 28.7 Å². The Kier molecular flexibility index (Phi) is 3.39. The summed E-state index contributed by atoms with van der Waals surface area (Å²) in [7, 11) is 0. The molecule has 0 aliphatic rings. The van der Waals surface area contributed by atoms with Crippen LogP contribution in [0.15, 0.2) is 6.20 Å². The number of aromatic nitrogens is 1. The number of hydrogen-bond donors (Lipinski definition) is 0. The summed E-state index contributed by atoms with van der Waals surface area (Å²) in [6, 6.07) is 1.63. The summed E-state index contributed by atoms with van der Waals surface area (Å²) in [6.45, 7) is 0. The van der Waals surface area contributed by atoms with E-state index in [0.717, 1.165) is 0 Å². The average molecular weight is 314 g/mol. The first-order chi connectivity index (χ1) is 6.07. The number of hydrogen-bond acceptors (Lipinski definition) is 2. The van der Waals surface area contributed by atoms with Crippen molar-refractivity contribution < 1.29 is 8.78 Å². The Morgan fingerprint density at radius 1 is 1.62 bits per heavy atom. The van der Waals surface area contributed by atoms with Crippen molar-refractivity contribution in [2.45, 2.75) is 6.43 Å². The van der Waals surface area contributed by atoms with E-state index >= 15 is 0 Å². The molecular formula is C7H2ClF2IN2. The molecule has 0 radical (unpaired) electrons. The van der Waals surface area contributed by atoms with E-state index in [2.05, 4.69) is 4.98 Å². The standard InChI is InChI=1S/C7H2ClF2IN2/c8-4-2-13-7(11)5(6(9)10)3(4)1-12/h2,6H. The van der Waals surface area contributed by atoms with Crippen molar-refractivity contribution >= 4 is 34.2 Å². The van der Waals surface area contributed by atoms with Crippen LogP contribution >= 0.6 is 34.2 Å². The SMILES string of the molecule is N#Cc1c(Cl)cnc(I)c1C(F)F. The van der Waals surface area contributed by atoms with Crippen LogP contribution in [-0.2, 0) is 0 Å². The normalized spacial score (nSPS) is 10.2. The van der Waals surface area contributed by atoms with Gasteiger partial charge in [-0.05, 0) is 22.6 Å². The molecule has 2 nitrogen and oxygen atoms in total. The summed E-state index contributed by atoms with van der Waals surface area (Å²) >= 11 is 7.16. The van der Waals surface area contributed by atoms with Crippen molar-refractivity contribution in [3.63, 3.8) is 0 Å². The molecule has 0 saturated heterocycles. The Balaban J connectivity index is 3.46. The van der Waals surface area contributed by atoms with Crippen molar-refractivity contribution in [2.75, 3.05) is 0 Å². The monoisotopic (exact) mass is 314 g/mol. The molecule has 0 spiro atoms. The summed E-state index contributed by atoms with van der Waals surface area (Å²) in [6.07, 6.45) is -1.54.